The zero-order chi connectivity index (χ0) is 41.0. The molecule has 4 rings (SSSR count). The van der Waals surface area contributed by atoms with Crippen LogP contribution < -0.4 is 18.9 Å². The molecule has 1 atom stereocenters. The van der Waals surface area contributed by atoms with Crippen LogP contribution in [0.4, 0.5) is 0 Å². The van der Waals surface area contributed by atoms with Gasteiger partial charge in [0.1, 0.15) is 34.2 Å². The van der Waals surface area contributed by atoms with Crippen molar-refractivity contribution in [2.24, 2.45) is 16.7 Å². The third-order valence-corrected chi connectivity index (χ3v) is 12.7. The van der Waals surface area contributed by atoms with Gasteiger partial charge in [-0.25, -0.2) is 0 Å². The summed E-state index contributed by atoms with van der Waals surface area (Å²) < 4.78 is 31.2. The Bertz CT molecular complexity index is 1810. The van der Waals surface area contributed by atoms with Gasteiger partial charge < -0.3 is 23.7 Å². The molecule has 0 aliphatic rings. The summed E-state index contributed by atoms with van der Waals surface area (Å²) in [6, 6.07) is 34.0. The zero-order valence-electron chi connectivity index (χ0n) is 36.8. The first-order valence-electron chi connectivity index (χ1n) is 20.0. The van der Waals surface area contributed by atoms with Crippen molar-refractivity contribution in [3.05, 3.63) is 119 Å². The minimum atomic E-state index is -0.508. The third kappa shape index (κ3) is 10.5. The first kappa shape index (κ1) is 43.8. The van der Waals surface area contributed by atoms with E-state index in [0.29, 0.717) is 19.1 Å². The summed E-state index contributed by atoms with van der Waals surface area (Å²) in [6.07, 6.45) is 0.0886. The number of methoxy groups -OCH3 is 1. The fraction of sp³-hybridized carbons (Fsp3) is 0.520. The van der Waals surface area contributed by atoms with Crippen LogP contribution in [-0.4, -0.2) is 37.6 Å². The Morgan fingerprint density at radius 2 is 0.909 bits per heavy atom. The summed E-state index contributed by atoms with van der Waals surface area (Å²) in [4.78, 5) is 0. The van der Waals surface area contributed by atoms with Gasteiger partial charge in [-0.1, -0.05) is 118 Å². The molecule has 0 spiro atoms. The Morgan fingerprint density at radius 3 is 1.38 bits per heavy atom. The predicted octanol–water partition coefficient (Wildman–Crippen LogP) is 12.9. The highest BCUT2D eigenvalue weighted by Gasteiger charge is 2.40. The number of hydrogen-bond donors (Lipinski definition) is 0. The quantitative estimate of drug-likeness (QED) is 0.101. The van der Waals surface area contributed by atoms with E-state index in [1.165, 1.54) is 22.3 Å². The van der Waals surface area contributed by atoms with Crippen LogP contribution in [0.25, 0.3) is 0 Å². The normalized spacial score (nSPS) is 13.8. The van der Waals surface area contributed by atoms with E-state index >= 15 is 0 Å². The van der Waals surface area contributed by atoms with Gasteiger partial charge in [0.05, 0.1) is 19.3 Å². The van der Waals surface area contributed by atoms with E-state index in [1.54, 1.807) is 7.11 Å². The zero-order valence-corrected chi connectivity index (χ0v) is 36.8. The van der Waals surface area contributed by atoms with Gasteiger partial charge in [0.2, 0.25) is 0 Å². The first-order valence-corrected chi connectivity index (χ1v) is 20.0. The second-order valence-electron chi connectivity index (χ2n) is 19.2. The predicted molar refractivity (Wildman–Crippen MR) is 229 cm³/mol. The topological polar surface area (TPSA) is 46.2 Å². The molecule has 1 unspecified atom stereocenters. The van der Waals surface area contributed by atoms with E-state index in [9.17, 15) is 0 Å². The molecule has 0 amide bonds. The highest BCUT2D eigenvalue weighted by molar-refractivity contribution is 5.44. The Kier molecular flexibility index (Phi) is 13.2. The molecule has 4 aromatic carbocycles. The Labute approximate surface area is 334 Å². The lowest BCUT2D eigenvalue weighted by Crippen LogP contribution is -2.47. The van der Waals surface area contributed by atoms with Crippen molar-refractivity contribution < 1.29 is 23.7 Å². The molecule has 55 heavy (non-hydrogen) atoms. The largest absolute Gasteiger partial charge is 0.493 e. The second kappa shape index (κ2) is 16.6. The molecule has 0 bridgehead atoms. The molecule has 0 saturated carbocycles. The molecule has 0 N–H and O–H groups in total. The van der Waals surface area contributed by atoms with Crippen LogP contribution in [0.2, 0.25) is 0 Å². The van der Waals surface area contributed by atoms with E-state index in [-0.39, 0.29) is 33.4 Å². The van der Waals surface area contributed by atoms with E-state index in [2.05, 4.69) is 195 Å². The molecular weight excluding hydrogens is 681 g/mol. The smallest absolute Gasteiger partial charge is 0.120 e. The van der Waals surface area contributed by atoms with Crippen LogP contribution in [-0.2, 0) is 15.6 Å². The molecule has 0 radical (unpaired) electrons. The average molecular weight is 751 g/mol. The minimum Gasteiger partial charge on any atom is -0.493 e. The molecule has 0 saturated heterocycles. The van der Waals surface area contributed by atoms with Gasteiger partial charge in [-0.15, -0.1) is 0 Å². The van der Waals surface area contributed by atoms with Crippen LogP contribution in [0.5, 0.6) is 23.0 Å². The lowest BCUT2D eigenvalue weighted by atomic mass is 9.77. The fourth-order valence-electron chi connectivity index (χ4n) is 6.15. The molecule has 300 valence electrons. The minimum absolute atomic E-state index is 0.0886. The van der Waals surface area contributed by atoms with Gasteiger partial charge in [-0.2, -0.15) is 0 Å². The molecule has 0 aromatic heterocycles. The summed E-state index contributed by atoms with van der Waals surface area (Å²) in [7, 11) is 1.75. The van der Waals surface area contributed by atoms with E-state index < -0.39 is 5.60 Å². The Morgan fingerprint density at radius 1 is 0.473 bits per heavy atom. The van der Waals surface area contributed by atoms with Crippen molar-refractivity contribution in [2.75, 3.05) is 20.3 Å². The van der Waals surface area contributed by atoms with Crippen molar-refractivity contribution in [3.63, 3.8) is 0 Å². The summed E-state index contributed by atoms with van der Waals surface area (Å²) in [5.41, 5.74) is 3.31. The van der Waals surface area contributed by atoms with Crippen molar-refractivity contribution >= 4 is 0 Å². The number of rotatable bonds is 18. The Balaban J connectivity index is 1.37. The highest BCUT2D eigenvalue weighted by Crippen LogP contribution is 2.39. The highest BCUT2D eigenvalue weighted by atomic mass is 16.5. The maximum Gasteiger partial charge on any atom is 0.120 e. The van der Waals surface area contributed by atoms with Crippen LogP contribution in [0.3, 0.4) is 0 Å². The van der Waals surface area contributed by atoms with Gasteiger partial charge in [0.25, 0.3) is 0 Å². The summed E-state index contributed by atoms with van der Waals surface area (Å²) in [6.45, 7) is 33.8. The number of benzene rings is 4. The lowest BCUT2D eigenvalue weighted by molar-refractivity contribution is -0.0364. The molecular formula is C50H70O5. The van der Waals surface area contributed by atoms with Crippen molar-refractivity contribution in [1.82, 2.24) is 0 Å². The average Bonchev–Trinajstić information content (AvgIpc) is 3.13. The summed E-state index contributed by atoms with van der Waals surface area (Å²) in [5.74, 6) is 3.85. The molecule has 4 aromatic rings. The maximum atomic E-state index is 6.68. The van der Waals surface area contributed by atoms with Crippen molar-refractivity contribution in [3.8, 4) is 23.0 Å². The molecule has 5 nitrogen and oxygen atoms in total. The summed E-state index contributed by atoms with van der Waals surface area (Å²) >= 11 is 0. The summed E-state index contributed by atoms with van der Waals surface area (Å²) in [5, 5.41) is 0. The first-order chi connectivity index (χ1) is 25.4. The van der Waals surface area contributed by atoms with Crippen LogP contribution in [0.1, 0.15) is 126 Å². The van der Waals surface area contributed by atoms with E-state index in [4.69, 9.17) is 23.7 Å². The molecule has 0 aliphatic carbocycles. The maximum absolute atomic E-state index is 6.68. The monoisotopic (exact) mass is 751 g/mol. The van der Waals surface area contributed by atoms with E-state index in [1.807, 2.05) is 6.07 Å². The van der Waals surface area contributed by atoms with Crippen LogP contribution in [0, 0.1) is 16.7 Å². The van der Waals surface area contributed by atoms with E-state index in [0.717, 1.165) is 23.0 Å². The van der Waals surface area contributed by atoms with Gasteiger partial charge >= 0.3 is 0 Å². The molecule has 5 heteroatoms. The Hall–Kier alpha value is -3.96. The second-order valence-corrected chi connectivity index (χ2v) is 19.2. The number of hydrogen-bond acceptors (Lipinski definition) is 5. The molecule has 0 fully saturated rings. The number of ether oxygens (including phenoxy) is 5. The third-order valence-electron chi connectivity index (χ3n) is 12.7. The van der Waals surface area contributed by atoms with Crippen molar-refractivity contribution in [2.45, 2.75) is 132 Å². The molecule has 0 aliphatic heterocycles. The van der Waals surface area contributed by atoms with Crippen molar-refractivity contribution in [1.29, 1.82) is 0 Å². The van der Waals surface area contributed by atoms with Gasteiger partial charge in [-0.3, -0.25) is 0 Å². The standard InChI is InChI=1S/C50H70O5/c1-35(2)49(12,13)54-42-28-22-38(23-29-42)47(8,9)37-20-26-41(27-21-37)53-34-46(6,7)50(14,15)55-43-30-24-39(25-31-43)48(10,11)40-18-17-19-44(32-40)52-33-45(4,5)36(3)51-16/h17-32,35-36H,33-34H2,1-16H3. The lowest BCUT2D eigenvalue weighted by Gasteiger charge is -2.41. The van der Waals surface area contributed by atoms with Gasteiger partial charge in [-0.05, 0) is 111 Å². The van der Waals surface area contributed by atoms with Gasteiger partial charge in [0, 0.05) is 28.8 Å². The van der Waals surface area contributed by atoms with Crippen LogP contribution in [0.15, 0.2) is 97.1 Å². The van der Waals surface area contributed by atoms with Gasteiger partial charge in [0.15, 0.2) is 0 Å². The van der Waals surface area contributed by atoms with Crippen LogP contribution >= 0.6 is 0 Å². The molecule has 0 heterocycles. The fourth-order valence-corrected chi connectivity index (χ4v) is 6.15. The SMILES string of the molecule is COC(C)C(C)(C)COc1cccc(C(C)(C)c2ccc(OC(C)(C)C(C)(C)COc3ccc(C(C)(C)c4ccc(OC(C)(C)C(C)C)cc4)cc3)cc2)c1.